The standard InChI is InChI=1S/C9H15/c1-2-6-9-7-4-3-5-8-9/h2,6,9H,1,3-5,7-8H2/i9+1. The van der Waals surface area contributed by atoms with Gasteiger partial charge in [0.2, 0.25) is 0 Å². The molecule has 0 heterocycles. The van der Waals surface area contributed by atoms with E-state index in [-0.39, 0.29) is 0 Å². The summed E-state index contributed by atoms with van der Waals surface area (Å²) in [6.45, 7) is 3.70. The van der Waals surface area contributed by atoms with Crippen LogP contribution in [0.15, 0.2) is 12.7 Å². The molecule has 0 N–H and O–H groups in total. The first kappa shape index (κ1) is 6.85. The zero-order valence-corrected chi connectivity index (χ0v) is 5.97. The van der Waals surface area contributed by atoms with E-state index in [1.807, 2.05) is 6.08 Å². The summed E-state index contributed by atoms with van der Waals surface area (Å²) in [7, 11) is 0. The van der Waals surface area contributed by atoms with Crippen molar-refractivity contribution in [1.82, 2.24) is 0 Å². The molecule has 0 aromatic rings. The van der Waals surface area contributed by atoms with Crippen molar-refractivity contribution in [3.63, 3.8) is 0 Å². The lowest BCUT2D eigenvalue weighted by molar-refractivity contribution is 0.405. The Kier molecular flexibility index (Phi) is 2.82. The van der Waals surface area contributed by atoms with E-state index in [0.717, 1.165) is 5.92 Å². The van der Waals surface area contributed by atoms with Crippen molar-refractivity contribution in [2.24, 2.45) is 5.92 Å². The van der Waals surface area contributed by atoms with E-state index in [1.165, 1.54) is 32.1 Å². The lowest BCUT2D eigenvalue weighted by atomic mass is 10.1. The Morgan fingerprint density at radius 3 is 2.33 bits per heavy atom. The third-order valence-corrected chi connectivity index (χ3v) is 2.06. The van der Waals surface area contributed by atoms with Crippen molar-refractivity contribution in [3.05, 3.63) is 19.1 Å². The Hall–Kier alpha value is -0.260. The van der Waals surface area contributed by atoms with E-state index in [0.29, 0.717) is 0 Å². The molecular formula is C9H15. The second-order valence-electron chi connectivity index (χ2n) is 2.83. The van der Waals surface area contributed by atoms with Crippen molar-refractivity contribution < 1.29 is 0 Å². The van der Waals surface area contributed by atoms with Crippen LogP contribution in [0, 0.1) is 12.3 Å². The molecular weight excluding hydrogens is 109 g/mol. The van der Waals surface area contributed by atoms with Gasteiger partial charge in [-0.05, 0) is 25.2 Å². The molecule has 0 nitrogen and oxygen atoms in total. The Morgan fingerprint density at radius 1 is 1.11 bits per heavy atom. The molecule has 1 rings (SSSR count). The SMILES string of the molecule is C=C[CH][13CH]1CCCCC1. The third kappa shape index (κ3) is 2.21. The molecule has 51 valence electrons. The van der Waals surface area contributed by atoms with E-state index < -0.39 is 0 Å². The summed E-state index contributed by atoms with van der Waals surface area (Å²) in [5, 5.41) is 0. The van der Waals surface area contributed by atoms with Crippen LogP contribution in [0.1, 0.15) is 32.1 Å². The van der Waals surface area contributed by atoms with Gasteiger partial charge in [-0.15, -0.1) is 6.58 Å². The first-order valence-corrected chi connectivity index (χ1v) is 3.89. The van der Waals surface area contributed by atoms with Gasteiger partial charge in [-0.25, -0.2) is 0 Å². The van der Waals surface area contributed by atoms with Crippen LogP contribution in [0.4, 0.5) is 0 Å². The zero-order chi connectivity index (χ0) is 6.53. The average molecular weight is 124 g/mol. The average Bonchev–Trinajstić information content (AvgIpc) is 1.91. The molecule has 0 saturated heterocycles. The summed E-state index contributed by atoms with van der Waals surface area (Å²) < 4.78 is 0. The van der Waals surface area contributed by atoms with Crippen molar-refractivity contribution in [3.8, 4) is 0 Å². The van der Waals surface area contributed by atoms with Gasteiger partial charge in [0.15, 0.2) is 0 Å². The Bertz CT molecular complexity index is 78.0. The lowest BCUT2D eigenvalue weighted by Crippen LogP contribution is -2.04. The third-order valence-electron chi connectivity index (χ3n) is 2.06. The van der Waals surface area contributed by atoms with E-state index in [9.17, 15) is 0 Å². The summed E-state index contributed by atoms with van der Waals surface area (Å²) in [6, 6.07) is 0. The lowest BCUT2D eigenvalue weighted by Gasteiger charge is -2.18. The summed E-state index contributed by atoms with van der Waals surface area (Å²) >= 11 is 0. The molecule has 1 aliphatic carbocycles. The van der Waals surface area contributed by atoms with Gasteiger partial charge >= 0.3 is 0 Å². The topological polar surface area (TPSA) is 0 Å². The second-order valence-corrected chi connectivity index (χ2v) is 2.83. The first-order valence-electron chi connectivity index (χ1n) is 3.89. The van der Waals surface area contributed by atoms with Crippen LogP contribution in [0.3, 0.4) is 0 Å². The summed E-state index contributed by atoms with van der Waals surface area (Å²) in [5.74, 6) is 0.858. The van der Waals surface area contributed by atoms with Crippen LogP contribution < -0.4 is 0 Å². The molecule has 0 unspecified atom stereocenters. The smallest absolute Gasteiger partial charge is 0.0142 e. The van der Waals surface area contributed by atoms with Gasteiger partial charge in [-0.1, -0.05) is 25.3 Å². The fraction of sp³-hybridized carbons (Fsp3) is 0.667. The molecule has 0 aliphatic heterocycles. The maximum atomic E-state index is 3.70. The first-order chi connectivity index (χ1) is 4.43. The summed E-state index contributed by atoms with van der Waals surface area (Å²) in [4.78, 5) is 0. The molecule has 0 heteroatoms. The molecule has 0 amide bonds. The molecule has 0 aromatic heterocycles. The molecule has 0 spiro atoms. The largest absolute Gasteiger partial charge is 0.103 e. The summed E-state index contributed by atoms with van der Waals surface area (Å²) in [5.41, 5.74) is 0. The fourth-order valence-electron chi connectivity index (χ4n) is 1.52. The minimum atomic E-state index is 0.858. The summed E-state index contributed by atoms with van der Waals surface area (Å²) in [6.07, 6.45) is 11.3. The van der Waals surface area contributed by atoms with Crippen LogP contribution >= 0.6 is 0 Å². The van der Waals surface area contributed by atoms with Crippen LogP contribution in [-0.4, -0.2) is 0 Å². The molecule has 9 heavy (non-hydrogen) atoms. The minimum absolute atomic E-state index is 0.858. The second kappa shape index (κ2) is 3.71. The molecule has 1 saturated carbocycles. The maximum absolute atomic E-state index is 3.70. The molecule has 0 atom stereocenters. The minimum Gasteiger partial charge on any atom is -0.103 e. The highest BCUT2D eigenvalue weighted by Crippen LogP contribution is 2.25. The highest BCUT2D eigenvalue weighted by molar-refractivity contribution is 4.93. The van der Waals surface area contributed by atoms with Gasteiger partial charge in [0.1, 0.15) is 0 Å². The molecule has 1 fully saturated rings. The van der Waals surface area contributed by atoms with E-state index in [1.54, 1.807) is 0 Å². The van der Waals surface area contributed by atoms with Crippen molar-refractivity contribution in [2.45, 2.75) is 32.1 Å². The maximum Gasteiger partial charge on any atom is -0.0142 e. The van der Waals surface area contributed by atoms with Crippen LogP contribution in [0.2, 0.25) is 0 Å². The highest BCUT2D eigenvalue weighted by Gasteiger charge is 2.10. The van der Waals surface area contributed by atoms with E-state index in [4.69, 9.17) is 0 Å². The number of allylic oxidation sites excluding steroid dienone is 1. The monoisotopic (exact) mass is 124 g/mol. The quantitative estimate of drug-likeness (QED) is 0.496. The van der Waals surface area contributed by atoms with Gasteiger partial charge in [0.25, 0.3) is 0 Å². The molecule has 1 aliphatic rings. The number of hydrogen-bond acceptors (Lipinski definition) is 0. The fourth-order valence-corrected chi connectivity index (χ4v) is 1.52. The van der Waals surface area contributed by atoms with Crippen molar-refractivity contribution in [2.75, 3.05) is 0 Å². The van der Waals surface area contributed by atoms with Crippen LogP contribution in [0.5, 0.6) is 0 Å². The normalized spacial score (nSPS) is 21.8. The Morgan fingerprint density at radius 2 is 1.78 bits per heavy atom. The molecule has 0 bridgehead atoms. The van der Waals surface area contributed by atoms with E-state index in [2.05, 4.69) is 13.0 Å². The Balaban J connectivity index is 2.15. The highest BCUT2D eigenvalue weighted by atomic mass is 14.5. The van der Waals surface area contributed by atoms with E-state index >= 15 is 0 Å². The van der Waals surface area contributed by atoms with Gasteiger partial charge in [-0.3, -0.25) is 0 Å². The van der Waals surface area contributed by atoms with Gasteiger partial charge < -0.3 is 0 Å². The van der Waals surface area contributed by atoms with Crippen LogP contribution in [-0.2, 0) is 0 Å². The molecule has 1 radical (unpaired) electrons. The number of hydrogen-bond donors (Lipinski definition) is 0. The van der Waals surface area contributed by atoms with Crippen molar-refractivity contribution in [1.29, 1.82) is 0 Å². The zero-order valence-electron chi connectivity index (χ0n) is 5.97. The number of rotatable bonds is 2. The molecule has 0 aromatic carbocycles. The predicted octanol–water partition coefficient (Wildman–Crippen LogP) is 2.96. The van der Waals surface area contributed by atoms with Crippen molar-refractivity contribution >= 4 is 0 Å². The van der Waals surface area contributed by atoms with Gasteiger partial charge in [0.05, 0.1) is 0 Å². The van der Waals surface area contributed by atoms with Gasteiger partial charge in [0, 0.05) is 0 Å². The van der Waals surface area contributed by atoms with Gasteiger partial charge in [-0.2, -0.15) is 0 Å². The predicted molar refractivity (Wildman–Crippen MR) is 41.1 cm³/mol. The van der Waals surface area contributed by atoms with Crippen LogP contribution in [0.25, 0.3) is 0 Å². The Labute approximate surface area is 58.0 Å².